The first-order valence-electron chi connectivity index (χ1n) is 12.7. The number of aliphatic hydroxyl groups is 1. The molecule has 4 aromatic rings. The molecule has 1 aromatic heterocycles. The molecule has 1 saturated heterocycles. The van der Waals surface area contributed by atoms with Gasteiger partial charge in [-0.1, -0.05) is 54.6 Å². The highest BCUT2D eigenvalue weighted by Gasteiger charge is 2.45. The van der Waals surface area contributed by atoms with Crippen molar-refractivity contribution in [2.45, 2.75) is 25.6 Å². The molecule has 0 spiro atoms. The molecule has 8 heteroatoms. The van der Waals surface area contributed by atoms with Crippen LogP contribution in [0.25, 0.3) is 5.76 Å². The highest BCUT2D eigenvalue weighted by molar-refractivity contribution is 6.46. The van der Waals surface area contributed by atoms with Crippen molar-refractivity contribution in [3.05, 3.63) is 120 Å². The molecule has 0 bridgehead atoms. The van der Waals surface area contributed by atoms with Crippen LogP contribution in [0.3, 0.4) is 0 Å². The maximum absolute atomic E-state index is 13.3. The highest BCUT2D eigenvalue weighted by Crippen LogP contribution is 2.40. The fourth-order valence-electron chi connectivity index (χ4n) is 4.71. The zero-order chi connectivity index (χ0) is 27.2. The van der Waals surface area contributed by atoms with Gasteiger partial charge in [0.1, 0.15) is 23.9 Å². The number of methoxy groups -OCH3 is 1. The van der Waals surface area contributed by atoms with Crippen LogP contribution in [-0.4, -0.2) is 44.9 Å². The van der Waals surface area contributed by atoms with Crippen LogP contribution in [0.4, 0.5) is 0 Å². The van der Waals surface area contributed by atoms with Gasteiger partial charge in [0.25, 0.3) is 11.7 Å². The second-order valence-electron chi connectivity index (χ2n) is 9.22. The van der Waals surface area contributed by atoms with Crippen LogP contribution in [0.1, 0.15) is 29.2 Å². The Morgan fingerprint density at radius 3 is 2.46 bits per heavy atom. The number of nitrogens with zero attached hydrogens (tertiary/aromatic N) is 3. The smallest absolute Gasteiger partial charge is 0.295 e. The molecule has 1 unspecified atom stereocenters. The largest absolute Gasteiger partial charge is 0.507 e. The topological polar surface area (TPSA) is 93.9 Å². The first kappa shape index (κ1) is 25.8. The number of aromatic nitrogens is 2. The van der Waals surface area contributed by atoms with Gasteiger partial charge in [-0.3, -0.25) is 9.59 Å². The molecule has 39 heavy (non-hydrogen) atoms. The number of ether oxygens (including phenoxy) is 2. The van der Waals surface area contributed by atoms with Gasteiger partial charge in [-0.25, -0.2) is 4.98 Å². The van der Waals surface area contributed by atoms with Crippen LogP contribution >= 0.6 is 0 Å². The van der Waals surface area contributed by atoms with Crippen LogP contribution in [0.5, 0.6) is 11.5 Å². The van der Waals surface area contributed by atoms with Crippen molar-refractivity contribution in [2.75, 3.05) is 13.7 Å². The first-order chi connectivity index (χ1) is 19.0. The van der Waals surface area contributed by atoms with Gasteiger partial charge in [-0.2, -0.15) is 0 Å². The third-order valence-electron chi connectivity index (χ3n) is 6.70. The van der Waals surface area contributed by atoms with Crippen LogP contribution in [0.2, 0.25) is 0 Å². The lowest BCUT2D eigenvalue weighted by Gasteiger charge is -2.25. The van der Waals surface area contributed by atoms with Crippen molar-refractivity contribution in [1.29, 1.82) is 0 Å². The van der Waals surface area contributed by atoms with Gasteiger partial charge >= 0.3 is 0 Å². The van der Waals surface area contributed by atoms with E-state index in [1.165, 1.54) is 12.0 Å². The second-order valence-corrected chi connectivity index (χ2v) is 9.22. The van der Waals surface area contributed by atoms with E-state index in [0.717, 1.165) is 5.56 Å². The van der Waals surface area contributed by atoms with Gasteiger partial charge in [0.05, 0.1) is 25.1 Å². The maximum atomic E-state index is 13.3. The van der Waals surface area contributed by atoms with E-state index in [4.69, 9.17) is 9.47 Å². The predicted molar refractivity (Wildman–Crippen MR) is 146 cm³/mol. The van der Waals surface area contributed by atoms with Gasteiger partial charge < -0.3 is 24.0 Å². The minimum Gasteiger partial charge on any atom is -0.507 e. The molecule has 1 amide bonds. The van der Waals surface area contributed by atoms with Gasteiger partial charge in [0, 0.05) is 31.0 Å². The number of carbonyl (C=O) groups excluding carboxylic acids is 2. The molecule has 5 rings (SSSR count). The summed E-state index contributed by atoms with van der Waals surface area (Å²) in [7, 11) is 1.53. The summed E-state index contributed by atoms with van der Waals surface area (Å²) in [6.07, 6.45) is 5.87. The van der Waals surface area contributed by atoms with E-state index < -0.39 is 17.7 Å². The third-order valence-corrected chi connectivity index (χ3v) is 6.70. The Bertz CT molecular complexity index is 1460. The van der Waals surface area contributed by atoms with Gasteiger partial charge in [0.2, 0.25) is 0 Å². The number of aryl methyl sites for hydroxylation is 1. The average molecular weight is 524 g/mol. The molecule has 0 aliphatic carbocycles. The number of amides is 1. The second kappa shape index (κ2) is 11.7. The summed E-state index contributed by atoms with van der Waals surface area (Å²) < 4.78 is 13.1. The summed E-state index contributed by atoms with van der Waals surface area (Å²) in [5.41, 5.74) is 2.20. The zero-order valence-corrected chi connectivity index (χ0v) is 21.6. The molecule has 8 nitrogen and oxygen atoms in total. The molecule has 1 aliphatic heterocycles. The Labute approximate surface area is 226 Å². The molecule has 0 radical (unpaired) electrons. The lowest BCUT2D eigenvalue weighted by atomic mass is 9.95. The SMILES string of the molecule is COc1cccc(C(O)=C2C(=O)C(=O)N(CCCn3ccnc3)C2c2ccc(OCc3ccccc3)cc2)c1. The quantitative estimate of drug-likeness (QED) is 0.179. The summed E-state index contributed by atoms with van der Waals surface area (Å²) in [5, 5.41) is 11.3. The summed E-state index contributed by atoms with van der Waals surface area (Å²) >= 11 is 0. The number of hydrogen-bond acceptors (Lipinski definition) is 6. The summed E-state index contributed by atoms with van der Waals surface area (Å²) in [5.74, 6) is -0.400. The highest BCUT2D eigenvalue weighted by atomic mass is 16.5. The molecule has 3 aromatic carbocycles. The number of likely N-dealkylation sites (tertiary alicyclic amines) is 1. The van der Waals surface area contributed by atoms with E-state index in [-0.39, 0.29) is 11.3 Å². The Morgan fingerprint density at radius 2 is 1.74 bits per heavy atom. The van der Waals surface area contributed by atoms with Gasteiger partial charge in [0.15, 0.2) is 0 Å². The fourth-order valence-corrected chi connectivity index (χ4v) is 4.71. The molecule has 1 atom stereocenters. The number of Topliss-reactive ketones (excluding diaryl/α,β-unsaturated/α-hetero) is 1. The van der Waals surface area contributed by atoms with E-state index in [1.807, 2.05) is 65.4 Å². The molecular formula is C31H29N3O5. The van der Waals surface area contributed by atoms with Crippen molar-refractivity contribution in [2.24, 2.45) is 0 Å². The zero-order valence-electron chi connectivity index (χ0n) is 21.6. The van der Waals surface area contributed by atoms with Crippen molar-refractivity contribution in [3.63, 3.8) is 0 Å². The van der Waals surface area contributed by atoms with E-state index >= 15 is 0 Å². The molecule has 198 valence electrons. The summed E-state index contributed by atoms with van der Waals surface area (Å²) in [6.45, 7) is 1.38. The molecular weight excluding hydrogens is 494 g/mol. The molecule has 1 aliphatic rings. The lowest BCUT2D eigenvalue weighted by molar-refractivity contribution is -0.139. The lowest BCUT2D eigenvalue weighted by Crippen LogP contribution is -2.31. The van der Waals surface area contributed by atoms with Crippen molar-refractivity contribution >= 4 is 17.4 Å². The third kappa shape index (κ3) is 5.70. The van der Waals surface area contributed by atoms with Crippen molar-refractivity contribution < 1.29 is 24.2 Å². The number of carbonyl (C=O) groups is 2. The van der Waals surface area contributed by atoms with E-state index in [1.54, 1.807) is 36.8 Å². The summed E-state index contributed by atoms with van der Waals surface area (Å²) in [6, 6.07) is 23.2. The Kier molecular flexibility index (Phi) is 7.73. The number of hydrogen-bond donors (Lipinski definition) is 1. The van der Waals surface area contributed by atoms with E-state index in [9.17, 15) is 14.7 Å². The minimum absolute atomic E-state index is 0.0498. The number of rotatable bonds is 10. The monoisotopic (exact) mass is 523 g/mol. The maximum Gasteiger partial charge on any atom is 0.295 e. The number of benzene rings is 3. The average Bonchev–Trinajstić information content (AvgIpc) is 3.59. The number of aliphatic hydroxyl groups excluding tert-OH is 1. The molecule has 1 N–H and O–H groups in total. The standard InChI is InChI=1S/C31H29N3O5/c1-38-26-10-5-9-24(19-26)29(35)27-28(34(31(37)30(27)36)17-6-16-33-18-15-32-21-33)23-11-13-25(14-12-23)39-20-22-7-3-2-4-8-22/h2-5,7-15,18-19,21,28,35H,6,16-17,20H2,1H3. The minimum atomic E-state index is -0.748. The number of imidazole rings is 1. The van der Waals surface area contributed by atoms with Crippen LogP contribution < -0.4 is 9.47 Å². The normalized spacial score (nSPS) is 16.4. The van der Waals surface area contributed by atoms with E-state index in [0.29, 0.717) is 48.7 Å². The summed E-state index contributed by atoms with van der Waals surface area (Å²) in [4.78, 5) is 32.1. The van der Waals surface area contributed by atoms with Crippen molar-refractivity contribution in [3.8, 4) is 11.5 Å². The van der Waals surface area contributed by atoms with Gasteiger partial charge in [-0.15, -0.1) is 0 Å². The van der Waals surface area contributed by atoms with Crippen LogP contribution in [0.15, 0.2) is 103 Å². The van der Waals surface area contributed by atoms with Crippen LogP contribution in [-0.2, 0) is 22.7 Å². The van der Waals surface area contributed by atoms with E-state index in [2.05, 4.69) is 4.98 Å². The Hall–Kier alpha value is -4.85. The number of ketones is 1. The Morgan fingerprint density at radius 1 is 0.949 bits per heavy atom. The van der Waals surface area contributed by atoms with Crippen LogP contribution in [0, 0.1) is 0 Å². The molecule has 1 fully saturated rings. The van der Waals surface area contributed by atoms with Crippen molar-refractivity contribution in [1.82, 2.24) is 14.5 Å². The fraction of sp³-hybridized carbons (Fsp3) is 0.194. The predicted octanol–water partition coefficient (Wildman–Crippen LogP) is 4.98. The molecule has 0 saturated carbocycles. The first-order valence-corrected chi connectivity index (χ1v) is 12.7. The van der Waals surface area contributed by atoms with Gasteiger partial charge in [-0.05, 0) is 41.8 Å². The molecule has 2 heterocycles. The Balaban J connectivity index is 1.45.